The van der Waals surface area contributed by atoms with Crippen molar-refractivity contribution in [2.75, 3.05) is 0 Å². The summed E-state index contributed by atoms with van der Waals surface area (Å²) in [7, 11) is 0. The van der Waals surface area contributed by atoms with E-state index >= 15 is 0 Å². The SMILES string of the molecule is CCC[n+]1ccc(-c2nc3cc([N+](=O)[O-])cc(CC)c3o2)cc1.[I-]. The number of nitro groups is 1. The minimum absolute atomic E-state index is 0. The number of aromatic nitrogens is 2. The van der Waals surface area contributed by atoms with E-state index in [2.05, 4.69) is 16.5 Å². The molecule has 2 heterocycles. The topological polar surface area (TPSA) is 73.0 Å². The van der Waals surface area contributed by atoms with Gasteiger partial charge in [0.25, 0.3) is 5.69 Å². The number of hydrogen-bond donors (Lipinski definition) is 0. The maximum atomic E-state index is 11.0. The van der Waals surface area contributed by atoms with Crippen molar-refractivity contribution in [2.24, 2.45) is 0 Å². The molecule has 6 nitrogen and oxygen atoms in total. The number of benzene rings is 1. The van der Waals surface area contributed by atoms with E-state index in [1.807, 2.05) is 31.5 Å². The third kappa shape index (κ3) is 3.55. The average Bonchev–Trinajstić information content (AvgIpc) is 2.99. The van der Waals surface area contributed by atoms with Crippen molar-refractivity contribution in [1.82, 2.24) is 4.98 Å². The summed E-state index contributed by atoms with van der Waals surface area (Å²) in [5.74, 6) is 0.485. The zero-order valence-corrected chi connectivity index (χ0v) is 15.7. The van der Waals surface area contributed by atoms with Gasteiger partial charge in [0, 0.05) is 41.8 Å². The molecule has 7 heteroatoms. The second-order valence-corrected chi connectivity index (χ2v) is 5.41. The fraction of sp³-hybridized carbons (Fsp3) is 0.294. The van der Waals surface area contributed by atoms with Crippen LogP contribution in [-0.2, 0) is 13.0 Å². The third-order valence-electron chi connectivity index (χ3n) is 3.76. The molecule has 0 N–H and O–H groups in total. The van der Waals surface area contributed by atoms with Gasteiger partial charge < -0.3 is 28.4 Å². The zero-order chi connectivity index (χ0) is 16.4. The molecule has 0 aliphatic rings. The summed E-state index contributed by atoms with van der Waals surface area (Å²) in [5.41, 5.74) is 2.85. The lowest BCUT2D eigenvalue weighted by atomic mass is 10.1. The molecule has 0 bridgehead atoms. The fourth-order valence-corrected chi connectivity index (χ4v) is 2.58. The second-order valence-electron chi connectivity index (χ2n) is 5.41. The lowest BCUT2D eigenvalue weighted by Crippen LogP contribution is -3.00. The number of nitrogens with zero attached hydrogens (tertiary/aromatic N) is 3. The molecule has 0 fully saturated rings. The second kappa shape index (κ2) is 7.69. The predicted octanol–water partition coefficient (Wildman–Crippen LogP) is 0.667. The van der Waals surface area contributed by atoms with Crippen molar-refractivity contribution in [3.05, 3.63) is 52.3 Å². The minimum Gasteiger partial charge on any atom is -1.00 e. The lowest BCUT2D eigenvalue weighted by Gasteiger charge is -1.97. The van der Waals surface area contributed by atoms with Crippen molar-refractivity contribution >= 4 is 16.8 Å². The van der Waals surface area contributed by atoms with Gasteiger partial charge in [-0.3, -0.25) is 10.1 Å². The number of aryl methyl sites for hydroxylation is 2. The van der Waals surface area contributed by atoms with Crippen LogP contribution in [0.15, 0.2) is 41.1 Å². The predicted molar refractivity (Wildman–Crippen MR) is 86.0 cm³/mol. The van der Waals surface area contributed by atoms with Crippen molar-refractivity contribution in [3.63, 3.8) is 0 Å². The summed E-state index contributed by atoms with van der Waals surface area (Å²) in [5, 5.41) is 11.0. The van der Waals surface area contributed by atoms with Crippen molar-refractivity contribution in [1.29, 1.82) is 0 Å². The van der Waals surface area contributed by atoms with Crippen LogP contribution in [0, 0.1) is 10.1 Å². The molecule has 0 radical (unpaired) electrons. The molecular formula is C17H18IN3O3. The van der Waals surface area contributed by atoms with E-state index in [1.54, 1.807) is 6.07 Å². The average molecular weight is 439 g/mol. The molecule has 0 saturated heterocycles. The Morgan fingerprint density at radius 3 is 2.54 bits per heavy atom. The van der Waals surface area contributed by atoms with Gasteiger partial charge in [-0.2, -0.15) is 0 Å². The quantitative estimate of drug-likeness (QED) is 0.254. The van der Waals surface area contributed by atoms with Crippen LogP contribution in [0.2, 0.25) is 0 Å². The highest BCUT2D eigenvalue weighted by atomic mass is 127. The van der Waals surface area contributed by atoms with Crippen molar-refractivity contribution in [3.8, 4) is 11.5 Å². The molecule has 0 saturated carbocycles. The van der Waals surface area contributed by atoms with Crippen molar-refractivity contribution < 1.29 is 37.9 Å². The molecule has 3 rings (SSSR count). The van der Waals surface area contributed by atoms with Gasteiger partial charge in [-0.25, -0.2) is 9.55 Å². The zero-order valence-electron chi connectivity index (χ0n) is 13.5. The van der Waals surface area contributed by atoms with Crippen molar-refractivity contribution in [2.45, 2.75) is 33.2 Å². The molecule has 1 aromatic carbocycles. The van der Waals surface area contributed by atoms with Gasteiger partial charge in [0.1, 0.15) is 12.1 Å². The van der Waals surface area contributed by atoms with Gasteiger partial charge in [0.05, 0.1) is 4.92 Å². The van der Waals surface area contributed by atoms with Crippen LogP contribution in [0.5, 0.6) is 0 Å². The Labute approximate surface area is 156 Å². The van der Waals surface area contributed by atoms with Crippen LogP contribution in [0.1, 0.15) is 25.8 Å². The number of non-ortho nitro benzene ring substituents is 1. The Hall–Kier alpha value is -2.03. The van der Waals surface area contributed by atoms with E-state index in [1.165, 1.54) is 6.07 Å². The van der Waals surface area contributed by atoms with E-state index in [9.17, 15) is 10.1 Å². The molecule has 0 amide bonds. The molecule has 0 aliphatic carbocycles. The summed E-state index contributed by atoms with van der Waals surface area (Å²) in [6, 6.07) is 6.90. The molecule has 0 unspecified atom stereocenters. The molecule has 0 spiro atoms. The highest BCUT2D eigenvalue weighted by Gasteiger charge is 2.17. The molecule has 0 aliphatic heterocycles. The van der Waals surface area contributed by atoms with Gasteiger partial charge in [0.2, 0.25) is 5.89 Å². The Morgan fingerprint density at radius 2 is 1.96 bits per heavy atom. The summed E-state index contributed by atoms with van der Waals surface area (Å²) < 4.78 is 7.96. The number of oxazole rings is 1. The van der Waals surface area contributed by atoms with Crippen LogP contribution < -0.4 is 28.5 Å². The van der Waals surface area contributed by atoms with Crippen LogP contribution >= 0.6 is 0 Å². The third-order valence-corrected chi connectivity index (χ3v) is 3.76. The van der Waals surface area contributed by atoms with Gasteiger partial charge in [-0.1, -0.05) is 13.8 Å². The largest absolute Gasteiger partial charge is 1.00 e. The molecule has 126 valence electrons. The first kappa shape index (κ1) is 18.3. The van der Waals surface area contributed by atoms with Crippen LogP contribution in [0.4, 0.5) is 5.69 Å². The van der Waals surface area contributed by atoms with E-state index in [0.717, 1.165) is 24.1 Å². The highest BCUT2D eigenvalue weighted by molar-refractivity contribution is 5.82. The fourth-order valence-electron chi connectivity index (χ4n) is 2.58. The smallest absolute Gasteiger partial charge is 0.272 e. The van der Waals surface area contributed by atoms with Gasteiger partial charge in [-0.15, -0.1) is 0 Å². The van der Waals surface area contributed by atoms with E-state index < -0.39 is 4.92 Å². The Kier molecular flexibility index (Phi) is 5.87. The molecule has 24 heavy (non-hydrogen) atoms. The van der Waals surface area contributed by atoms with Gasteiger partial charge in [0.15, 0.2) is 18.0 Å². The van der Waals surface area contributed by atoms with Crippen LogP contribution in [-0.4, -0.2) is 9.91 Å². The summed E-state index contributed by atoms with van der Waals surface area (Å²) in [6.45, 7) is 5.03. The molecule has 0 atom stereocenters. The van der Waals surface area contributed by atoms with Gasteiger partial charge in [-0.05, 0) is 6.42 Å². The number of halogens is 1. The standard InChI is InChI=1S/C17H18N3O3.HI/c1-3-7-19-8-5-13(6-9-19)17-18-15-11-14(20(21)22)10-12(4-2)16(15)23-17;/h5-6,8-11H,3-4,7H2,1-2H3;1H/q+1;/p-1. The van der Waals surface area contributed by atoms with Crippen LogP contribution in [0.25, 0.3) is 22.6 Å². The highest BCUT2D eigenvalue weighted by Crippen LogP contribution is 2.30. The maximum absolute atomic E-state index is 11.0. The number of fused-ring (bicyclic) bond motifs is 1. The minimum atomic E-state index is -0.400. The first-order valence-electron chi connectivity index (χ1n) is 7.69. The number of hydrogen-bond acceptors (Lipinski definition) is 4. The van der Waals surface area contributed by atoms with E-state index in [4.69, 9.17) is 4.42 Å². The first-order valence-corrected chi connectivity index (χ1v) is 7.69. The van der Waals surface area contributed by atoms with E-state index in [0.29, 0.717) is 23.4 Å². The number of rotatable bonds is 5. The first-order chi connectivity index (χ1) is 11.1. The monoisotopic (exact) mass is 439 g/mol. The Morgan fingerprint density at radius 1 is 1.25 bits per heavy atom. The van der Waals surface area contributed by atoms with Gasteiger partial charge >= 0.3 is 0 Å². The molecular weight excluding hydrogens is 421 g/mol. The normalized spacial score (nSPS) is 10.6. The summed E-state index contributed by atoms with van der Waals surface area (Å²) in [6.07, 6.45) is 5.68. The number of nitro benzene ring substituents is 1. The van der Waals surface area contributed by atoms with Crippen LogP contribution in [0.3, 0.4) is 0 Å². The number of pyridine rings is 1. The maximum Gasteiger partial charge on any atom is 0.272 e. The Balaban J connectivity index is 0.00000208. The molecule has 2 aromatic heterocycles. The lowest BCUT2D eigenvalue weighted by molar-refractivity contribution is -0.696. The summed E-state index contributed by atoms with van der Waals surface area (Å²) in [4.78, 5) is 15.1. The molecule has 3 aromatic rings. The summed E-state index contributed by atoms with van der Waals surface area (Å²) >= 11 is 0. The van der Waals surface area contributed by atoms with E-state index in [-0.39, 0.29) is 29.7 Å². The Bertz CT molecular complexity index is 859.